The zero-order valence-corrected chi connectivity index (χ0v) is 17.5. The molecule has 1 aliphatic rings. The molecule has 1 aromatic carbocycles. The zero-order valence-electron chi connectivity index (χ0n) is 15.0. The predicted octanol–water partition coefficient (Wildman–Crippen LogP) is 3.02. The van der Waals surface area contributed by atoms with Crippen molar-refractivity contribution in [3.8, 4) is 0 Å². The number of benzene rings is 1. The van der Waals surface area contributed by atoms with Gasteiger partial charge in [-0.15, -0.1) is 23.1 Å². The number of allylic oxidation sites excluding steroid dienone is 2. The number of carbonyl (C=O) groups is 2. The van der Waals surface area contributed by atoms with E-state index in [1.54, 1.807) is 43.4 Å². The molecule has 6 nitrogen and oxygen atoms in total. The molecule has 0 saturated heterocycles. The first-order valence-electron chi connectivity index (χ1n) is 8.44. The molecule has 0 unspecified atom stereocenters. The molecule has 9 heteroatoms. The van der Waals surface area contributed by atoms with Crippen LogP contribution in [0, 0.1) is 0 Å². The van der Waals surface area contributed by atoms with Gasteiger partial charge in [0.25, 0.3) is 10.0 Å². The summed E-state index contributed by atoms with van der Waals surface area (Å²) in [6, 6.07) is 10.4. The standard InChI is InChI=1S/C19H18N2O4S3/c1-20-18(22)8-10-27-17-11-16(14-6-2-3-7-15(14)19(17)23)21-28(24,25)12-13-5-4-9-26-13/h2-7,9,11H,8,10,12H2,1H3,(H,20,22)/b21-16+. The van der Waals surface area contributed by atoms with Gasteiger partial charge in [0.05, 0.1) is 10.6 Å². The molecular formula is C19H18N2O4S3. The fourth-order valence-electron chi connectivity index (χ4n) is 2.62. The lowest BCUT2D eigenvalue weighted by molar-refractivity contribution is -0.120. The molecule has 0 atom stereocenters. The van der Waals surface area contributed by atoms with Crippen molar-refractivity contribution in [2.45, 2.75) is 12.2 Å². The molecule has 1 heterocycles. The summed E-state index contributed by atoms with van der Waals surface area (Å²) in [5, 5.41) is 4.34. The molecule has 146 valence electrons. The molecule has 0 spiro atoms. The number of ketones is 1. The molecule has 0 radical (unpaired) electrons. The second-order valence-electron chi connectivity index (χ2n) is 5.94. The van der Waals surface area contributed by atoms with E-state index < -0.39 is 10.0 Å². The van der Waals surface area contributed by atoms with Gasteiger partial charge >= 0.3 is 0 Å². The van der Waals surface area contributed by atoms with Gasteiger partial charge in [-0.05, 0) is 17.5 Å². The third kappa shape index (κ3) is 4.98. The van der Waals surface area contributed by atoms with Crippen molar-refractivity contribution in [1.82, 2.24) is 5.32 Å². The van der Waals surface area contributed by atoms with Crippen molar-refractivity contribution in [3.63, 3.8) is 0 Å². The van der Waals surface area contributed by atoms with Crippen molar-refractivity contribution >= 4 is 50.5 Å². The largest absolute Gasteiger partial charge is 0.359 e. The van der Waals surface area contributed by atoms with Crippen LogP contribution < -0.4 is 5.32 Å². The third-order valence-electron chi connectivity index (χ3n) is 3.95. The number of nitrogens with one attached hydrogen (secondary N) is 1. The highest BCUT2D eigenvalue weighted by Gasteiger charge is 2.26. The number of carbonyl (C=O) groups excluding carboxylic acids is 2. The molecule has 2 aromatic rings. The summed E-state index contributed by atoms with van der Waals surface area (Å²) >= 11 is 2.58. The van der Waals surface area contributed by atoms with Crippen molar-refractivity contribution in [2.75, 3.05) is 12.8 Å². The summed E-state index contributed by atoms with van der Waals surface area (Å²) in [5.41, 5.74) is 1.16. The van der Waals surface area contributed by atoms with Gasteiger partial charge in [0, 0.05) is 35.2 Å². The molecule has 1 aromatic heterocycles. The third-order valence-corrected chi connectivity index (χ3v) is 7.18. The van der Waals surface area contributed by atoms with E-state index in [0.717, 1.165) is 0 Å². The average Bonchev–Trinajstić information content (AvgIpc) is 3.17. The van der Waals surface area contributed by atoms with Gasteiger partial charge in [0.1, 0.15) is 5.75 Å². The molecule has 1 N–H and O–H groups in total. The maximum absolute atomic E-state index is 12.7. The van der Waals surface area contributed by atoms with Crippen molar-refractivity contribution in [3.05, 3.63) is 68.8 Å². The Bertz CT molecular complexity index is 1050. The fraction of sp³-hybridized carbons (Fsp3) is 0.211. The maximum atomic E-state index is 12.7. The summed E-state index contributed by atoms with van der Waals surface area (Å²) < 4.78 is 29.1. The highest BCUT2D eigenvalue weighted by Crippen LogP contribution is 2.29. The van der Waals surface area contributed by atoms with Gasteiger partial charge in [0.2, 0.25) is 5.91 Å². The minimum absolute atomic E-state index is 0.121. The van der Waals surface area contributed by atoms with Crippen molar-refractivity contribution < 1.29 is 18.0 Å². The lowest BCUT2D eigenvalue weighted by Crippen LogP contribution is -2.20. The Morgan fingerprint density at radius 2 is 1.93 bits per heavy atom. The molecule has 0 saturated carbocycles. The van der Waals surface area contributed by atoms with Crippen LogP contribution in [0.1, 0.15) is 27.2 Å². The highest BCUT2D eigenvalue weighted by molar-refractivity contribution is 8.04. The van der Waals surface area contributed by atoms with E-state index >= 15 is 0 Å². The second-order valence-corrected chi connectivity index (χ2v) is 9.74. The Labute approximate surface area is 171 Å². The summed E-state index contributed by atoms with van der Waals surface area (Å²) in [7, 11) is -2.20. The lowest BCUT2D eigenvalue weighted by Gasteiger charge is -2.17. The molecule has 1 aliphatic carbocycles. The number of thioether (sulfide) groups is 1. The maximum Gasteiger partial charge on any atom is 0.258 e. The average molecular weight is 435 g/mol. The van der Waals surface area contributed by atoms with Gasteiger partial charge in [-0.3, -0.25) is 9.59 Å². The molecule has 0 aliphatic heterocycles. The Hall–Kier alpha value is -2.23. The number of amides is 1. The Morgan fingerprint density at radius 1 is 1.18 bits per heavy atom. The summed E-state index contributed by atoms with van der Waals surface area (Å²) in [4.78, 5) is 25.2. The van der Waals surface area contributed by atoms with Gasteiger partial charge in [-0.1, -0.05) is 30.3 Å². The van der Waals surface area contributed by atoms with E-state index in [-0.39, 0.29) is 29.6 Å². The summed E-state index contributed by atoms with van der Waals surface area (Å²) in [6.07, 6.45) is 1.77. The minimum atomic E-state index is -3.76. The number of sulfonamides is 1. The number of fused-ring (bicyclic) bond motifs is 1. The number of nitrogens with zero attached hydrogens (tertiary/aromatic N) is 1. The van der Waals surface area contributed by atoms with Crippen LogP contribution >= 0.6 is 23.1 Å². The SMILES string of the molecule is CNC(=O)CCSC1=C/C(=N\S(=O)(=O)Cc2cccs2)c2ccccc2C1=O. The quantitative estimate of drug-likeness (QED) is 0.723. The van der Waals surface area contributed by atoms with Crippen LogP contribution in [-0.4, -0.2) is 38.6 Å². The topological polar surface area (TPSA) is 92.7 Å². The summed E-state index contributed by atoms with van der Waals surface area (Å²) in [6.45, 7) is 0. The number of hydrogen-bond donors (Lipinski definition) is 1. The first kappa shape index (κ1) is 20.5. The van der Waals surface area contributed by atoms with E-state index in [9.17, 15) is 18.0 Å². The first-order chi connectivity index (χ1) is 13.4. The Balaban J connectivity index is 1.92. The smallest absolute Gasteiger partial charge is 0.258 e. The van der Waals surface area contributed by atoms with E-state index in [1.807, 2.05) is 5.38 Å². The molecule has 1 amide bonds. The number of Topliss-reactive ketones (excluding diaryl/α,β-unsaturated/α-hetero) is 1. The lowest BCUT2D eigenvalue weighted by atomic mass is 9.94. The van der Waals surface area contributed by atoms with E-state index in [4.69, 9.17) is 0 Å². The van der Waals surface area contributed by atoms with Crippen LogP contribution in [0.2, 0.25) is 0 Å². The fourth-order valence-corrected chi connectivity index (χ4v) is 5.75. The highest BCUT2D eigenvalue weighted by atomic mass is 32.2. The number of thiophene rings is 1. The Kier molecular flexibility index (Phi) is 6.48. The first-order valence-corrected chi connectivity index (χ1v) is 11.9. The Morgan fingerprint density at radius 3 is 2.61 bits per heavy atom. The molecule has 0 bridgehead atoms. The van der Waals surface area contributed by atoms with Gasteiger partial charge < -0.3 is 5.32 Å². The molecule has 3 rings (SSSR count). The van der Waals surface area contributed by atoms with Crippen LogP contribution in [0.4, 0.5) is 0 Å². The normalized spacial score (nSPS) is 15.2. The predicted molar refractivity (Wildman–Crippen MR) is 113 cm³/mol. The van der Waals surface area contributed by atoms with Crippen LogP contribution in [0.3, 0.4) is 0 Å². The number of hydrogen-bond acceptors (Lipinski definition) is 6. The van der Waals surface area contributed by atoms with Crippen LogP contribution in [0.15, 0.2) is 57.2 Å². The summed E-state index contributed by atoms with van der Waals surface area (Å²) in [5.74, 6) is -0.0809. The van der Waals surface area contributed by atoms with Crippen molar-refractivity contribution in [1.29, 1.82) is 0 Å². The van der Waals surface area contributed by atoms with E-state index in [0.29, 0.717) is 26.7 Å². The van der Waals surface area contributed by atoms with Crippen LogP contribution in [0.25, 0.3) is 0 Å². The minimum Gasteiger partial charge on any atom is -0.359 e. The molecular weight excluding hydrogens is 416 g/mol. The molecule has 0 fully saturated rings. The van der Waals surface area contributed by atoms with Gasteiger partial charge in [-0.2, -0.15) is 4.40 Å². The number of rotatable bonds is 7. The van der Waals surface area contributed by atoms with Crippen LogP contribution in [-0.2, 0) is 20.6 Å². The van der Waals surface area contributed by atoms with Crippen LogP contribution in [0.5, 0.6) is 0 Å². The van der Waals surface area contributed by atoms with Gasteiger partial charge in [0.15, 0.2) is 5.78 Å². The van der Waals surface area contributed by atoms with E-state index in [1.165, 1.54) is 29.2 Å². The van der Waals surface area contributed by atoms with E-state index in [2.05, 4.69) is 9.71 Å². The van der Waals surface area contributed by atoms with Gasteiger partial charge in [-0.25, -0.2) is 8.42 Å². The second kappa shape index (κ2) is 8.85. The molecule has 28 heavy (non-hydrogen) atoms. The zero-order chi connectivity index (χ0) is 20.1. The van der Waals surface area contributed by atoms with Crippen molar-refractivity contribution in [2.24, 2.45) is 4.40 Å². The monoisotopic (exact) mass is 434 g/mol.